The lowest BCUT2D eigenvalue weighted by atomic mass is 10.1. The number of ether oxygens (including phenoxy) is 1. The minimum absolute atomic E-state index is 0.0472. The fraction of sp³-hybridized carbons (Fsp3) is 0.400. The number of nitrogens with zero attached hydrogens (tertiary/aromatic N) is 2. The fourth-order valence-electron chi connectivity index (χ4n) is 3.55. The summed E-state index contributed by atoms with van der Waals surface area (Å²) in [6, 6.07) is 10.0. The molecule has 0 radical (unpaired) electrons. The molecule has 3 heterocycles. The summed E-state index contributed by atoms with van der Waals surface area (Å²) in [5, 5.41) is 3.44. The zero-order valence-electron chi connectivity index (χ0n) is 15.4. The van der Waals surface area contributed by atoms with E-state index in [1.165, 1.54) is 29.4 Å². The summed E-state index contributed by atoms with van der Waals surface area (Å²) in [5.41, 5.74) is 2.60. The number of fused-ring (bicyclic) bond motifs is 1. The van der Waals surface area contributed by atoms with E-state index in [2.05, 4.69) is 28.4 Å². The highest BCUT2D eigenvalue weighted by molar-refractivity contribution is 7.18. The number of nitrogens with one attached hydrogen (secondary N) is 1. The minimum Gasteiger partial charge on any atom is -0.493 e. The van der Waals surface area contributed by atoms with Crippen LogP contribution in [0.1, 0.15) is 27.7 Å². The first-order valence-electron chi connectivity index (χ1n) is 9.22. The molecule has 0 bridgehead atoms. The normalized spacial score (nSPS) is 16.7. The zero-order valence-corrected chi connectivity index (χ0v) is 16.2. The Hall–Kier alpha value is -2.38. The molecule has 142 valence electrons. The number of thiophene rings is 1. The molecule has 1 N–H and O–H groups in total. The van der Waals surface area contributed by atoms with E-state index in [1.54, 1.807) is 12.1 Å². The highest BCUT2D eigenvalue weighted by Crippen LogP contribution is 2.27. The maximum absolute atomic E-state index is 12.7. The van der Waals surface area contributed by atoms with Gasteiger partial charge in [0.25, 0.3) is 5.91 Å². The van der Waals surface area contributed by atoms with Gasteiger partial charge >= 0.3 is 0 Å². The van der Waals surface area contributed by atoms with Crippen molar-refractivity contribution in [2.45, 2.75) is 19.9 Å². The second-order valence-corrected chi connectivity index (χ2v) is 8.04. The van der Waals surface area contributed by atoms with Gasteiger partial charge in [-0.1, -0.05) is 12.1 Å². The summed E-state index contributed by atoms with van der Waals surface area (Å²) in [6.45, 7) is 6.33. The lowest BCUT2D eigenvalue weighted by Gasteiger charge is -2.34. The van der Waals surface area contributed by atoms with Crippen LogP contribution in [0.15, 0.2) is 30.3 Å². The Balaban J connectivity index is 1.31. The van der Waals surface area contributed by atoms with Crippen molar-refractivity contribution in [3.63, 3.8) is 0 Å². The van der Waals surface area contributed by atoms with E-state index in [0.29, 0.717) is 9.88 Å². The molecular formula is C20H23N3O3S. The molecule has 0 atom stereocenters. The molecular weight excluding hydrogens is 362 g/mol. The summed E-state index contributed by atoms with van der Waals surface area (Å²) in [7, 11) is 0. The first-order valence-corrected chi connectivity index (χ1v) is 10.0. The van der Waals surface area contributed by atoms with Crippen molar-refractivity contribution in [1.29, 1.82) is 0 Å². The third kappa shape index (κ3) is 4.14. The monoisotopic (exact) mass is 385 g/mol. The van der Waals surface area contributed by atoms with E-state index in [4.69, 9.17) is 4.74 Å². The van der Waals surface area contributed by atoms with Crippen molar-refractivity contribution in [2.75, 3.05) is 38.1 Å². The van der Waals surface area contributed by atoms with Gasteiger partial charge in [-0.3, -0.25) is 14.5 Å². The third-order valence-corrected chi connectivity index (χ3v) is 5.92. The van der Waals surface area contributed by atoms with Crippen LogP contribution < -0.4 is 10.1 Å². The molecule has 4 rings (SSSR count). The number of rotatable bonds is 4. The van der Waals surface area contributed by atoms with Gasteiger partial charge in [-0.05, 0) is 29.3 Å². The second kappa shape index (κ2) is 7.70. The molecule has 0 spiro atoms. The highest BCUT2D eigenvalue weighted by atomic mass is 32.1. The number of hydrogen-bond acceptors (Lipinski definition) is 5. The summed E-state index contributed by atoms with van der Waals surface area (Å²) < 4.78 is 5.57. The molecule has 2 aliphatic heterocycles. The topological polar surface area (TPSA) is 61.9 Å². The number of anilines is 1. The molecule has 2 aliphatic rings. The summed E-state index contributed by atoms with van der Waals surface area (Å²) in [6.07, 6.45) is 0.993. The number of amides is 2. The molecule has 1 aromatic heterocycles. The summed E-state index contributed by atoms with van der Waals surface area (Å²) >= 11 is 1.33. The second-order valence-electron chi connectivity index (χ2n) is 6.95. The smallest absolute Gasteiger partial charge is 0.264 e. The largest absolute Gasteiger partial charge is 0.493 e. The van der Waals surface area contributed by atoms with Crippen LogP contribution in [0, 0.1) is 0 Å². The molecule has 1 saturated heterocycles. The van der Waals surface area contributed by atoms with Gasteiger partial charge in [0, 0.05) is 46.1 Å². The standard InChI is InChI=1S/C20H23N3O3S/c1-14(24)21-19-5-4-18(27-19)20(25)23-9-7-22(8-10-23)13-15-2-3-17-16(12-15)6-11-26-17/h2-5,12H,6-11,13H2,1H3,(H,21,24). The van der Waals surface area contributed by atoms with Crippen molar-refractivity contribution in [2.24, 2.45) is 0 Å². The Bertz CT molecular complexity index is 856. The quantitative estimate of drug-likeness (QED) is 0.879. The Kier molecular flexibility index (Phi) is 5.13. The first kappa shape index (κ1) is 18.0. The zero-order chi connectivity index (χ0) is 18.8. The van der Waals surface area contributed by atoms with E-state index in [1.807, 2.05) is 4.90 Å². The SMILES string of the molecule is CC(=O)Nc1ccc(C(=O)N2CCN(Cc3ccc4c(c3)CCO4)CC2)s1. The molecule has 1 aromatic carbocycles. The Morgan fingerprint density at radius 1 is 1.15 bits per heavy atom. The number of benzene rings is 1. The van der Waals surface area contributed by atoms with Crippen molar-refractivity contribution >= 4 is 28.2 Å². The molecule has 0 saturated carbocycles. The average molecular weight is 385 g/mol. The molecule has 1 fully saturated rings. The predicted octanol–water partition coefficient (Wildman–Crippen LogP) is 2.60. The van der Waals surface area contributed by atoms with Crippen LogP contribution in [0.3, 0.4) is 0 Å². The lowest BCUT2D eigenvalue weighted by molar-refractivity contribution is -0.114. The third-order valence-electron chi connectivity index (χ3n) is 4.94. The number of carbonyl (C=O) groups is 2. The summed E-state index contributed by atoms with van der Waals surface area (Å²) in [4.78, 5) is 28.8. The molecule has 7 heteroatoms. The number of carbonyl (C=O) groups excluding carboxylic acids is 2. The number of hydrogen-bond donors (Lipinski definition) is 1. The molecule has 0 unspecified atom stereocenters. The first-order chi connectivity index (χ1) is 13.1. The highest BCUT2D eigenvalue weighted by Gasteiger charge is 2.23. The van der Waals surface area contributed by atoms with E-state index in [9.17, 15) is 9.59 Å². The van der Waals surface area contributed by atoms with Crippen LogP contribution in [0.5, 0.6) is 5.75 Å². The summed E-state index contributed by atoms with van der Waals surface area (Å²) in [5.74, 6) is 0.942. The van der Waals surface area contributed by atoms with Gasteiger partial charge in [0.15, 0.2) is 0 Å². The maximum Gasteiger partial charge on any atom is 0.264 e. The van der Waals surface area contributed by atoms with Crippen molar-refractivity contribution in [1.82, 2.24) is 9.80 Å². The fourth-order valence-corrected chi connectivity index (χ4v) is 4.48. The lowest BCUT2D eigenvalue weighted by Crippen LogP contribution is -2.48. The van der Waals surface area contributed by atoms with Crippen LogP contribution in [0.2, 0.25) is 0 Å². The Morgan fingerprint density at radius 2 is 1.96 bits per heavy atom. The van der Waals surface area contributed by atoms with Crippen LogP contribution >= 0.6 is 11.3 Å². The van der Waals surface area contributed by atoms with E-state index < -0.39 is 0 Å². The maximum atomic E-state index is 12.7. The molecule has 27 heavy (non-hydrogen) atoms. The van der Waals surface area contributed by atoms with Gasteiger partial charge in [-0.25, -0.2) is 0 Å². The minimum atomic E-state index is -0.123. The van der Waals surface area contributed by atoms with Crippen LogP contribution in [0.25, 0.3) is 0 Å². The van der Waals surface area contributed by atoms with Crippen LogP contribution in [-0.4, -0.2) is 54.4 Å². The van der Waals surface area contributed by atoms with Crippen molar-refractivity contribution in [3.8, 4) is 5.75 Å². The molecule has 6 nitrogen and oxygen atoms in total. The predicted molar refractivity (Wildman–Crippen MR) is 105 cm³/mol. The van der Waals surface area contributed by atoms with Gasteiger partial charge < -0.3 is 15.0 Å². The van der Waals surface area contributed by atoms with E-state index >= 15 is 0 Å². The van der Waals surface area contributed by atoms with Gasteiger partial charge in [-0.15, -0.1) is 11.3 Å². The Morgan fingerprint density at radius 3 is 2.74 bits per heavy atom. The molecule has 2 amide bonds. The average Bonchev–Trinajstić information content (AvgIpc) is 3.30. The van der Waals surface area contributed by atoms with Gasteiger partial charge in [0.1, 0.15) is 5.75 Å². The molecule has 0 aliphatic carbocycles. The van der Waals surface area contributed by atoms with Gasteiger partial charge in [0.2, 0.25) is 5.91 Å². The van der Waals surface area contributed by atoms with Gasteiger partial charge in [0.05, 0.1) is 16.5 Å². The molecule has 2 aromatic rings. The van der Waals surface area contributed by atoms with Crippen LogP contribution in [0.4, 0.5) is 5.00 Å². The van der Waals surface area contributed by atoms with E-state index in [-0.39, 0.29) is 11.8 Å². The van der Waals surface area contributed by atoms with Crippen molar-refractivity contribution < 1.29 is 14.3 Å². The van der Waals surface area contributed by atoms with Crippen LogP contribution in [-0.2, 0) is 17.8 Å². The number of piperazine rings is 1. The Labute approximate surface area is 162 Å². The van der Waals surface area contributed by atoms with Crippen molar-refractivity contribution in [3.05, 3.63) is 46.3 Å². The van der Waals surface area contributed by atoms with Gasteiger partial charge in [-0.2, -0.15) is 0 Å². The van der Waals surface area contributed by atoms with E-state index in [0.717, 1.165) is 51.5 Å².